The highest BCUT2D eigenvalue weighted by atomic mass is 79.9. The summed E-state index contributed by atoms with van der Waals surface area (Å²) in [5, 5.41) is 8.19. The van der Waals surface area contributed by atoms with Gasteiger partial charge in [0.2, 0.25) is 5.95 Å². The van der Waals surface area contributed by atoms with Gasteiger partial charge in [0.15, 0.2) is 11.6 Å². The average Bonchev–Trinajstić information content (AvgIpc) is 3.09. The fraction of sp³-hybridized carbons (Fsp3) is 0.273. The van der Waals surface area contributed by atoms with Crippen LogP contribution in [0, 0.1) is 5.41 Å². The van der Waals surface area contributed by atoms with Crippen LogP contribution in [0.2, 0.25) is 0 Å². The molecule has 2 aromatic heterocycles. The SMILES string of the molecule is CC1(C)CC(=O)C2=C(C1)Nc1nc(-c3ccncc3)nn1C2c1cccc(Br)c1. The molecule has 1 unspecified atom stereocenters. The highest BCUT2D eigenvalue weighted by Gasteiger charge is 2.41. The normalized spacial score (nSPS) is 20.1. The first-order valence-corrected chi connectivity index (χ1v) is 10.4. The molecule has 1 N–H and O–H groups in total. The van der Waals surface area contributed by atoms with Gasteiger partial charge in [-0.05, 0) is 41.7 Å². The van der Waals surface area contributed by atoms with Crippen molar-refractivity contribution in [3.8, 4) is 11.4 Å². The largest absolute Gasteiger partial charge is 0.328 e. The van der Waals surface area contributed by atoms with Crippen LogP contribution in [-0.2, 0) is 4.79 Å². The van der Waals surface area contributed by atoms with E-state index in [1.165, 1.54) is 0 Å². The van der Waals surface area contributed by atoms with Gasteiger partial charge in [-0.1, -0.05) is 41.9 Å². The number of Topliss-reactive ketones (excluding diaryl/α,β-unsaturated/α-hetero) is 1. The average molecular weight is 450 g/mol. The quantitative estimate of drug-likeness (QED) is 0.610. The maximum Gasteiger partial charge on any atom is 0.226 e. The van der Waals surface area contributed by atoms with Crippen LogP contribution >= 0.6 is 15.9 Å². The van der Waals surface area contributed by atoms with Crippen LogP contribution in [0.4, 0.5) is 5.95 Å². The van der Waals surface area contributed by atoms with Crippen LogP contribution in [0.3, 0.4) is 0 Å². The third-order valence-corrected chi connectivity index (χ3v) is 5.93. The van der Waals surface area contributed by atoms with Crippen LogP contribution < -0.4 is 5.32 Å². The zero-order valence-electron chi connectivity index (χ0n) is 16.2. The predicted molar refractivity (Wildman–Crippen MR) is 114 cm³/mol. The molecular weight excluding hydrogens is 430 g/mol. The molecule has 6 nitrogen and oxygen atoms in total. The lowest BCUT2D eigenvalue weighted by Crippen LogP contribution is -2.36. The summed E-state index contributed by atoms with van der Waals surface area (Å²) < 4.78 is 2.81. The summed E-state index contributed by atoms with van der Waals surface area (Å²) in [5.74, 6) is 1.44. The van der Waals surface area contributed by atoms with Crippen LogP contribution in [-0.4, -0.2) is 25.5 Å². The number of aromatic nitrogens is 4. The summed E-state index contributed by atoms with van der Waals surface area (Å²) in [5.41, 5.74) is 3.56. The second kappa shape index (κ2) is 6.62. The van der Waals surface area contributed by atoms with Crippen molar-refractivity contribution in [1.29, 1.82) is 0 Å². The molecule has 0 radical (unpaired) electrons. The summed E-state index contributed by atoms with van der Waals surface area (Å²) in [6.07, 6.45) is 4.78. The standard InChI is InChI=1S/C22H20BrN5O/c1-22(2)11-16-18(17(29)12-22)19(14-4-3-5-15(23)10-14)28-21(25-16)26-20(27-28)13-6-8-24-9-7-13/h3-10,19H,11-12H2,1-2H3,(H,25,26,27). The van der Waals surface area contributed by atoms with Crippen molar-refractivity contribution in [2.45, 2.75) is 32.7 Å². The summed E-state index contributed by atoms with van der Waals surface area (Å²) in [6, 6.07) is 11.5. The van der Waals surface area contributed by atoms with Gasteiger partial charge in [-0.3, -0.25) is 9.78 Å². The molecule has 146 valence electrons. The number of fused-ring (bicyclic) bond motifs is 1. The van der Waals surface area contributed by atoms with Crippen LogP contribution in [0.15, 0.2) is 64.5 Å². The fourth-order valence-corrected chi connectivity index (χ4v) is 4.63. The topological polar surface area (TPSA) is 72.7 Å². The number of allylic oxidation sites excluding steroid dienone is 2. The Labute approximate surface area is 177 Å². The Morgan fingerprint density at radius 3 is 2.72 bits per heavy atom. The van der Waals surface area contributed by atoms with Gasteiger partial charge in [0.1, 0.15) is 6.04 Å². The smallest absolute Gasteiger partial charge is 0.226 e. The van der Waals surface area contributed by atoms with E-state index in [-0.39, 0.29) is 17.2 Å². The second-order valence-electron chi connectivity index (χ2n) is 8.36. The maximum atomic E-state index is 13.2. The van der Waals surface area contributed by atoms with Crippen molar-refractivity contribution in [1.82, 2.24) is 19.7 Å². The minimum absolute atomic E-state index is 0.0825. The molecule has 2 aliphatic rings. The summed E-state index contributed by atoms with van der Waals surface area (Å²) in [4.78, 5) is 22.0. The van der Waals surface area contributed by atoms with Crippen molar-refractivity contribution in [3.63, 3.8) is 0 Å². The number of halogens is 1. The van der Waals surface area contributed by atoms with Gasteiger partial charge in [-0.25, -0.2) is 4.68 Å². The number of pyridine rings is 1. The molecular formula is C22H20BrN5O. The van der Waals surface area contributed by atoms with E-state index in [1.807, 2.05) is 41.1 Å². The van der Waals surface area contributed by atoms with Crippen molar-refractivity contribution in [3.05, 3.63) is 70.1 Å². The summed E-state index contributed by atoms with van der Waals surface area (Å²) >= 11 is 3.56. The molecule has 0 saturated heterocycles. The van der Waals surface area contributed by atoms with E-state index < -0.39 is 0 Å². The summed E-state index contributed by atoms with van der Waals surface area (Å²) in [7, 11) is 0. The number of nitrogens with zero attached hydrogens (tertiary/aromatic N) is 4. The van der Waals surface area contributed by atoms with Gasteiger partial charge in [0.05, 0.1) is 0 Å². The highest BCUT2D eigenvalue weighted by molar-refractivity contribution is 9.10. The van der Waals surface area contributed by atoms with E-state index in [0.717, 1.165) is 33.3 Å². The molecule has 1 atom stereocenters. The molecule has 29 heavy (non-hydrogen) atoms. The molecule has 0 amide bonds. The molecule has 1 aromatic carbocycles. The molecule has 0 spiro atoms. The minimum atomic E-state index is -0.301. The predicted octanol–water partition coefficient (Wildman–Crippen LogP) is 4.76. The number of carbonyl (C=O) groups is 1. The molecule has 5 rings (SSSR count). The Morgan fingerprint density at radius 2 is 1.97 bits per heavy atom. The molecule has 3 heterocycles. The van der Waals surface area contributed by atoms with Gasteiger partial charge in [-0.15, -0.1) is 5.10 Å². The minimum Gasteiger partial charge on any atom is -0.328 e. The first-order valence-electron chi connectivity index (χ1n) is 9.57. The number of ketones is 1. The van der Waals surface area contributed by atoms with Crippen LogP contribution in [0.5, 0.6) is 0 Å². The third kappa shape index (κ3) is 3.19. The molecule has 7 heteroatoms. The van der Waals surface area contributed by atoms with Crippen molar-refractivity contribution < 1.29 is 4.79 Å². The van der Waals surface area contributed by atoms with E-state index in [9.17, 15) is 4.79 Å². The molecule has 1 aliphatic heterocycles. The number of hydrogen-bond acceptors (Lipinski definition) is 5. The Kier molecular flexibility index (Phi) is 4.17. The van der Waals surface area contributed by atoms with E-state index >= 15 is 0 Å². The Balaban J connectivity index is 1.70. The van der Waals surface area contributed by atoms with Crippen molar-refractivity contribution >= 4 is 27.7 Å². The Morgan fingerprint density at radius 1 is 1.17 bits per heavy atom. The molecule has 0 saturated carbocycles. The number of nitrogens with one attached hydrogen (secondary N) is 1. The lowest BCUT2D eigenvalue weighted by atomic mass is 9.73. The number of anilines is 1. The van der Waals surface area contributed by atoms with Crippen molar-refractivity contribution in [2.75, 3.05) is 5.32 Å². The zero-order valence-corrected chi connectivity index (χ0v) is 17.8. The van der Waals surface area contributed by atoms with Gasteiger partial charge < -0.3 is 5.32 Å². The van der Waals surface area contributed by atoms with Gasteiger partial charge in [0, 0.05) is 40.1 Å². The molecule has 3 aromatic rings. The molecule has 1 aliphatic carbocycles. The lowest BCUT2D eigenvalue weighted by molar-refractivity contribution is -0.118. The van der Waals surface area contributed by atoms with Gasteiger partial charge in [0.25, 0.3) is 0 Å². The van der Waals surface area contributed by atoms with E-state index in [4.69, 9.17) is 10.1 Å². The van der Waals surface area contributed by atoms with Crippen molar-refractivity contribution in [2.24, 2.45) is 5.41 Å². The van der Waals surface area contributed by atoms with Gasteiger partial charge >= 0.3 is 0 Å². The summed E-state index contributed by atoms with van der Waals surface area (Å²) in [6.45, 7) is 4.26. The Hall–Kier alpha value is -2.80. The Bertz CT molecular complexity index is 1150. The fourth-order valence-electron chi connectivity index (χ4n) is 4.22. The highest BCUT2D eigenvalue weighted by Crippen LogP contribution is 2.45. The third-order valence-electron chi connectivity index (χ3n) is 5.43. The second-order valence-corrected chi connectivity index (χ2v) is 9.27. The van der Waals surface area contributed by atoms with Gasteiger partial charge in [-0.2, -0.15) is 4.98 Å². The number of carbonyl (C=O) groups excluding carboxylic acids is 1. The van der Waals surface area contributed by atoms with Crippen LogP contribution in [0.1, 0.15) is 38.3 Å². The molecule has 0 fully saturated rings. The zero-order chi connectivity index (χ0) is 20.2. The lowest BCUT2D eigenvalue weighted by Gasteiger charge is -2.38. The van der Waals surface area contributed by atoms with E-state index in [2.05, 4.69) is 40.1 Å². The van der Waals surface area contributed by atoms with Crippen LogP contribution in [0.25, 0.3) is 11.4 Å². The monoisotopic (exact) mass is 449 g/mol. The first-order chi connectivity index (χ1) is 13.9. The maximum absolute atomic E-state index is 13.2. The number of rotatable bonds is 2. The van der Waals surface area contributed by atoms with E-state index in [0.29, 0.717) is 18.2 Å². The number of benzene rings is 1. The molecule has 0 bridgehead atoms. The van der Waals surface area contributed by atoms with E-state index in [1.54, 1.807) is 12.4 Å². The number of hydrogen-bond donors (Lipinski definition) is 1. The first kappa shape index (κ1) is 18.2.